The Bertz CT molecular complexity index is 2040. The molecule has 0 atom stereocenters. The lowest BCUT2D eigenvalue weighted by molar-refractivity contribution is -0.697. The minimum absolute atomic E-state index is 0.265. The number of hydrogen-bond acceptors (Lipinski definition) is 13. The molecule has 1 aliphatic heterocycles. The largest absolute Gasteiger partial charge is 0.491 e. The summed E-state index contributed by atoms with van der Waals surface area (Å²) < 4.78 is 70.2. The quantitative estimate of drug-likeness (QED) is 0.0670. The van der Waals surface area contributed by atoms with Gasteiger partial charge in [0.1, 0.15) is 81.1 Å². The van der Waals surface area contributed by atoms with E-state index in [0.29, 0.717) is 134 Å². The van der Waals surface area contributed by atoms with Gasteiger partial charge >= 0.3 is 0 Å². The van der Waals surface area contributed by atoms with Gasteiger partial charge in [0.15, 0.2) is 24.8 Å². The number of pyridine rings is 2. The van der Waals surface area contributed by atoms with E-state index in [1.807, 2.05) is 60.4 Å². The molecule has 5 aromatic rings. The zero-order valence-corrected chi connectivity index (χ0v) is 41.5. The van der Waals surface area contributed by atoms with Crippen LogP contribution in [0.25, 0.3) is 11.1 Å². The molecule has 0 unspecified atom stereocenters. The van der Waals surface area contributed by atoms with Crippen LogP contribution in [-0.2, 0) is 55.2 Å². The summed E-state index contributed by atoms with van der Waals surface area (Å²) in [6, 6.07) is 21.8. The minimum Gasteiger partial charge on any atom is -0.491 e. The maximum atomic E-state index is 6.18. The Labute approximate surface area is 415 Å². The number of nitrogens with zero attached hydrogens (tertiary/aromatic N) is 5. The molecule has 0 amide bonds. The van der Waals surface area contributed by atoms with Gasteiger partial charge in [0, 0.05) is 61.5 Å². The molecule has 2 aromatic carbocycles. The number of aryl methyl sites for hydroxylation is 3. The van der Waals surface area contributed by atoms with Crippen LogP contribution in [0.5, 0.6) is 28.7 Å². The summed E-state index contributed by atoms with van der Waals surface area (Å²) in [6.45, 7) is 9.00. The summed E-state index contributed by atoms with van der Waals surface area (Å²) >= 11 is 0. The minimum atomic E-state index is 0.265. The van der Waals surface area contributed by atoms with Crippen LogP contribution in [-0.4, -0.2) is 121 Å². The van der Waals surface area contributed by atoms with Crippen LogP contribution in [0.15, 0.2) is 97.7 Å². The van der Waals surface area contributed by atoms with Crippen molar-refractivity contribution in [2.45, 2.75) is 83.9 Å². The first kappa shape index (κ1) is 54.0. The molecule has 0 saturated heterocycles. The number of rotatable bonds is 17. The predicted octanol–water partition coefficient (Wildman–Crippen LogP) is 7.57. The highest BCUT2D eigenvalue weighted by Crippen LogP contribution is 2.29. The Morgan fingerprint density at radius 1 is 0.471 bits per heavy atom. The predicted molar refractivity (Wildman–Crippen MR) is 264 cm³/mol. The molecule has 4 heterocycles. The number of hydrogen-bond donors (Lipinski definition) is 0. The van der Waals surface area contributed by atoms with Gasteiger partial charge in [-0.25, -0.2) is 9.13 Å². The Morgan fingerprint density at radius 3 is 1.39 bits per heavy atom. The monoisotopic (exact) mass is 972 g/mol. The summed E-state index contributed by atoms with van der Waals surface area (Å²) in [4.78, 5) is 0. The van der Waals surface area contributed by atoms with E-state index in [4.69, 9.17) is 52.1 Å². The zero-order valence-electron chi connectivity index (χ0n) is 41.5. The van der Waals surface area contributed by atoms with E-state index < -0.39 is 0 Å². The number of benzene rings is 2. The second-order valence-corrected chi connectivity index (χ2v) is 17.1. The smallest absolute Gasteiger partial charge is 0.169 e. The molecule has 0 fully saturated rings. The van der Waals surface area contributed by atoms with Crippen molar-refractivity contribution in [3.05, 3.63) is 103 Å². The summed E-state index contributed by atoms with van der Waals surface area (Å²) in [5.74, 6) is 3.23. The molecule has 6 rings (SSSR count). The van der Waals surface area contributed by atoms with Gasteiger partial charge in [-0.3, -0.25) is 4.68 Å². The lowest BCUT2D eigenvalue weighted by atomic mass is 10.1. The van der Waals surface area contributed by atoms with Crippen molar-refractivity contribution in [2.24, 2.45) is 7.05 Å². The van der Waals surface area contributed by atoms with Gasteiger partial charge in [0.2, 0.25) is 0 Å². The van der Waals surface area contributed by atoms with Gasteiger partial charge in [0.25, 0.3) is 0 Å². The summed E-state index contributed by atoms with van der Waals surface area (Å²) in [7, 11) is 2.04. The Balaban J connectivity index is 0.824. The summed E-state index contributed by atoms with van der Waals surface area (Å²) in [5, 5.41) is 8.72. The standard InChI is InChI=1S/C54H77N5O11/c1-57-21-15-47(16-22-57)48-17-23-58(24-18-48)19-10-8-6-4-2-3-5-7-9-11-20-59-45-49(55-56-59)46-70-54-43-52-42-53(44-54)69-40-36-65-32-28-61-26-30-63-34-38-67-51-14-12-13-50(41-51)66-37-33-62-29-25-60-27-31-64-35-39-68-52/h12-18,21-24,41-45H,2-11,19-20,25-40,46H2,1H3/q+2. The fourth-order valence-electron chi connectivity index (χ4n) is 7.55. The van der Waals surface area contributed by atoms with Crippen LogP contribution in [0.2, 0.25) is 0 Å². The summed E-state index contributed by atoms with van der Waals surface area (Å²) in [6.07, 6.45) is 23.1. The van der Waals surface area contributed by atoms with Crippen LogP contribution in [0.3, 0.4) is 0 Å². The maximum absolute atomic E-state index is 6.18. The molecule has 1 aliphatic rings. The van der Waals surface area contributed by atoms with E-state index in [9.17, 15) is 0 Å². The molecule has 382 valence electrons. The second-order valence-electron chi connectivity index (χ2n) is 17.1. The first-order valence-electron chi connectivity index (χ1n) is 25.4. The average molecular weight is 972 g/mol. The first-order valence-corrected chi connectivity index (χ1v) is 25.4. The Morgan fingerprint density at radius 2 is 0.886 bits per heavy atom. The third kappa shape index (κ3) is 23.0. The summed E-state index contributed by atoms with van der Waals surface area (Å²) in [5.41, 5.74) is 3.27. The van der Waals surface area contributed by atoms with Crippen LogP contribution < -0.4 is 32.8 Å². The van der Waals surface area contributed by atoms with E-state index in [1.165, 1.54) is 68.9 Å². The number of unbranched alkanes of at least 4 members (excludes halogenated alkanes) is 9. The highest BCUT2D eigenvalue weighted by atomic mass is 16.6. The number of ether oxygens (including phenoxy) is 11. The van der Waals surface area contributed by atoms with Crippen molar-refractivity contribution in [3.8, 4) is 39.9 Å². The number of aromatic nitrogens is 5. The van der Waals surface area contributed by atoms with Gasteiger partial charge in [-0.2, -0.15) is 0 Å². The lowest BCUT2D eigenvalue weighted by Crippen LogP contribution is -2.32. The second kappa shape index (κ2) is 34.0. The maximum Gasteiger partial charge on any atom is 0.169 e. The van der Waals surface area contributed by atoms with E-state index in [2.05, 4.69) is 68.5 Å². The van der Waals surface area contributed by atoms with Gasteiger partial charge in [-0.05, 0) is 36.1 Å². The van der Waals surface area contributed by atoms with Gasteiger partial charge in [0.05, 0.1) is 85.5 Å². The van der Waals surface area contributed by atoms with Gasteiger partial charge in [-0.1, -0.05) is 56.2 Å². The van der Waals surface area contributed by atoms with Crippen LogP contribution in [0.4, 0.5) is 0 Å². The fourth-order valence-corrected chi connectivity index (χ4v) is 7.55. The van der Waals surface area contributed by atoms with Gasteiger partial charge in [-0.15, -0.1) is 5.10 Å². The lowest BCUT2D eigenvalue weighted by Gasteiger charge is -2.13. The van der Waals surface area contributed by atoms with Crippen molar-refractivity contribution in [3.63, 3.8) is 0 Å². The van der Waals surface area contributed by atoms with Gasteiger partial charge < -0.3 is 52.1 Å². The molecule has 70 heavy (non-hydrogen) atoms. The molecule has 3 aromatic heterocycles. The molecule has 16 nitrogen and oxygen atoms in total. The van der Waals surface area contributed by atoms with Crippen molar-refractivity contribution in [1.29, 1.82) is 0 Å². The first-order chi connectivity index (χ1) is 34.7. The van der Waals surface area contributed by atoms with E-state index in [0.717, 1.165) is 25.2 Å². The zero-order chi connectivity index (χ0) is 48.4. The van der Waals surface area contributed by atoms with E-state index >= 15 is 0 Å². The Hall–Kier alpha value is -5.36. The molecular formula is C54H77N5O11+2. The van der Waals surface area contributed by atoms with Crippen LogP contribution in [0, 0.1) is 0 Å². The molecule has 4 bridgehead atoms. The SMILES string of the molecule is C[n+]1ccc(-c2cc[n+](CCCCCCCCCCCCn3cc(COc4cc5cc(c4)OCCOCCOCCOCCOc4cccc(c4)OCCOCCOCCOCCO5)nn3)cc2)cc1. The molecule has 0 spiro atoms. The molecule has 0 saturated carbocycles. The molecule has 0 aliphatic carbocycles. The Kier molecular flexibility index (Phi) is 26.3. The molecule has 0 N–H and O–H groups in total. The topological polar surface area (TPSA) is 140 Å². The highest BCUT2D eigenvalue weighted by molar-refractivity contribution is 5.60. The van der Waals surface area contributed by atoms with E-state index in [-0.39, 0.29) is 6.61 Å². The fraction of sp³-hybridized carbons (Fsp3) is 0.556. The highest BCUT2D eigenvalue weighted by Gasteiger charge is 2.10. The van der Waals surface area contributed by atoms with Crippen LogP contribution in [0.1, 0.15) is 69.9 Å². The molecular weight excluding hydrogens is 895 g/mol. The van der Waals surface area contributed by atoms with Crippen LogP contribution >= 0.6 is 0 Å². The molecule has 0 radical (unpaired) electrons. The average Bonchev–Trinajstić information content (AvgIpc) is 3.84. The number of fused-ring (bicyclic) bond motifs is 4. The normalized spacial score (nSPS) is 15.7. The van der Waals surface area contributed by atoms with Crippen molar-refractivity contribution in [1.82, 2.24) is 15.0 Å². The van der Waals surface area contributed by atoms with Crippen molar-refractivity contribution >= 4 is 0 Å². The molecule has 16 heteroatoms. The third-order valence-electron chi connectivity index (χ3n) is 11.4. The third-order valence-corrected chi connectivity index (χ3v) is 11.4. The van der Waals surface area contributed by atoms with Crippen molar-refractivity contribution in [2.75, 3.05) is 106 Å². The van der Waals surface area contributed by atoms with Crippen molar-refractivity contribution < 1.29 is 61.2 Å². The van der Waals surface area contributed by atoms with E-state index in [1.54, 1.807) is 0 Å².